The number of rotatable bonds is 15. The van der Waals surface area contributed by atoms with Gasteiger partial charge in [-0.15, -0.1) is 20.5 Å². The Bertz CT molecular complexity index is 4080. The third kappa shape index (κ3) is 14.0. The Kier molecular flexibility index (Phi) is 18.1. The van der Waals surface area contributed by atoms with Crippen molar-refractivity contribution in [2.45, 2.75) is 83.0 Å². The van der Waals surface area contributed by atoms with E-state index in [0.29, 0.717) is 36.4 Å². The van der Waals surface area contributed by atoms with Crippen LogP contribution in [0.15, 0.2) is 168 Å². The maximum atomic E-state index is 13.6. The number of aromatic hydroxyl groups is 8. The molecule has 3 atom stereocenters. The van der Waals surface area contributed by atoms with Gasteiger partial charge in [0.1, 0.15) is 11.5 Å². The predicted octanol–water partition coefficient (Wildman–Crippen LogP) is 20.6. The zero-order valence-electron chi connectivity index (χ0n) is 46.6. The van der Waals surface area contributed by atoms with Crippen molar-refractivity contribution >= 4 is 45.5 Å². The first-order valence-electron chi connectivity index (χ1n) is 26.2. The van der Waals surface area contributed by atoms with Crippen molar-refractivity contribution < 1.29 is 93.5 Å². The Labute approximate surface area is 496 Å². The molecule has 28 heteroatoms. The molecule has 8 aromatic carbocycles. The van der Waals surface area contributed by atoms with Gasteiger partial charge in [0, 0.05) is 51.1 Å². The third-order valence-corrected chi connectivity index (χ3v) is 14.3. The number of hydrogen-bond donors (Lipinski definition) is 8. The Balaban J connectivity index is 1.32. The standard InChI is InChI=1S/C61H48F12N8O8/c1-27(2)40-24-41(53(85)48(52(40)84)79-75-36-16-8-32(9-17-36)59(65,66)67)29(4)44-26-45(57(89)50(56(44)88)81-77-38-20-12-34(13-21-38)61(71,72)73)30(5)43-25-42(54(86)49(55(43)87)80-76-37-18-10-33(11-19-37)60(68,69)70)28(3)39-22-23-46(82)47(51(39)83)78-74-35-14-6-31(7-15-35)58(62,63)64/h6-30,82-89H,1-5H3. The molecule has 0 radical (unpaired) electrons. The van der Waals surface area contributed by atoms with Gasteiger partial charge in [0.25, 0.3) is 0 Å². The number of hydrogen-bond acceptors (Lipinski definition) is 16. The molecule has 8 rings (SSSR count). The van der Waals surface area contributed by atoms with E-state index in [1.165, 1.54) is 45.0 Å². The van der Waals surface area contributed by atoms with Gasteiger partial charge < -0.3 is 40.9 Å². The molecule has 0 saturated heterocycles. The second-order valence-corrected chi connectivity index (χ2v) is 20.5. The van der Waals surface area contributed by atoms with Crippen molar-refractivity contribution in [3.05, 3.63) is 189 Å². The molecule has 0 aliphatic heterocycles. The minimum absolute atomic E-state index is 0.111. The zero-order chi connectivity index (χ0) is 65.4. The molecule has 0 bridgehead atoms. The summed E-state index contributed by atoms with van der Waals surface area (Å²) < 4.78 is 161. The van der Waals surface area contributed by atoms with Gasteiger partial charge in [0.05, 0.1) is 45.0 Å². The van der Waals surface area contributed by atoms with Crippen LogP contribution in [0.2, 0.25) is 0 Å². The molecule has 3 unspecified atom stereocenters. The van der Waals surface area contributed by atoms with Crippen LogP contribution < -0.4 is 0 Å². The van der Waals surface area contributed by atoms with Crippen LogP contribution in [-0.4, -0.2) is 40.9 Å². The second-order valence-electron chi connectivity index (χ2n) is 20.5. The van der Waals surface area contributed by atoms with Crippen molar-refractivity contribution in [3.63, 3.8) is 0 Å². The van der Waals surface area contributed by atoms with E-state index in [1.807, 2.05) is 0 Å². The van der Waals surface area contributed by atoms with Crippen LogP contribution in [0.3, 0.4) is 0 Å². The van der Waals surface area contributed by atoms with Gasteiger partial charge in [-0.05, 0) is 133 Å². The molecule has 0 spiro atoms. The molecule has 16 nitrogen and oxygen atoms in total. The van der Waals surface area contributed by atoms with Gasteiger partial charge >= 0.3 is 24.7 Å². The molecule has 89 heavy (non-hydrogen) atoms. The van der Waals surface area contributed by atoms with E-state index in [4.69, 9.17) is 0 Å². The number of phenols is 8. The van der Waals surface area contributed by atoms with Crippen LogP contribution in [0.1, 0.15) is 119 Å². The van der Waals surface area contributed by atoms with E-state index in [1.54, 1.807) is 13.8 Å². The fourth-order valence-corrected chi connectivity index (χ4v) is 9.28. The number of nitrogens with zero attached hydrogens (tertiary/aromatic N) is 8. The molecule has 0 aromatic heterocycles. The highest BCUT2D eigenvalue weighted by Gasteiger charge is 2.36. The molecule has 0 fully saturated rings. The number of halogens is 12. The fourth-order valence-electron chi connectivity index (χ4n) is 9.28. The van der Waals surface area contributed by atoms with Gasteiger partial charge in [0.2, 0.25) is 0 Å². The Morgan fingerprint density at radius 1 is 0.258 bits per heavy atom. The topological polar surface area (TPSA) is 261 Å². The molecule has 464 valence electrons. The summed E-state index contributed by atoms with van der Waals surface area (Å²) in [6.45, 7) is 7.46. The van der Waals surface area contributed by atoms with Crippen LogP contribution in [0.25, 0.3) is 0 Å². The molecule has 8 N–H and O–H groups in total. The second kappa shape index (κ2) is 24.8. The lowest BCUT2D eigenvalue weighted by Crippen LogP contribution is -2.06. The predicted molar refractivity (Wildman–Crippen MR) is 298 cm³/mol. The SMILES string of the molecule is CC(C)c1cc(C(C)c2cc(C(C)c3cc(C(C)c4ccc(O)c(N=Nc5ccc(C(F)(F)F)cc5)c4O)c(O)c(N=Nc4ccc(C(F)(F)F)cc4)c3O)c(O)c(N=Nc3ccc(C(F)(F)F)cc3)c2O)c(O)c(N=Nc2ccc(C(F)(F)F)cc2)c1O. The van der Waals surface area contributed by atoms with Gasteiger partial charge in [-0.3, -0.25) is 0 Å². The smallest absolute Gasteiger partial charge is 0.416 e. The van der Waals surface area contributed by atoms with Crippen molar-refractivity contribution in [2.75, 3.05) is 0 Å². The molecule has 0 aliphatic carbocycles. The summed E-state index contributed by atoms with van der Waals surface area (Å²) in [5.41, 5.74) is -8.74. The minimum atomic E-state index is -4.76. The molecule has 8 aromatic rings. The summed E-state index contributed by atoms with van der Waals surface area (Å²) in [4.78, 5) is 0. The van der Waals surface area contributed by atoms with Crippen LogP contribution >= 0.6 is 0 Å². The summed E-state index contributed by atoms with van der Waals surface area (Å²) in [6.07, 6.45) is -18.9. The van der Waals surface area contributed by atoms with Gasteiger partial charge in [-0.25, -0.2) is 0 Å². The van der Waals surface area contributed by atoms with E-state index < -0.39 is 139 Å². The molecular weight excluding hydrogens is 1200 g/mol. The maximum Gasteiger partial charge on any atom is 0.416 e. The van der Waals surface area contributed by atoms with Crippen LogP contribution in [-0.2, 0) is 24.7 Å². The average Bonchev–Trinajstić information content (AvgIpc) is 0.826. The monoisotopic (exact) mass is 1250 g/mol. The van der Waals surface area contributed by atoms with Crippen LogP contribution in [0.4, 0.5) is 98.2 Å². The first-order chi connectivity index (χ1) is 41.6. The van der Waals surface area contributed by atoms with Gasteiger partial charge in [0.15, 0.2) is 57.2 Å². The molecular formula is C61H48F12N8O8. The summed E-state index contributed by atoms with van der Waals surface area (Å²) in [7, 11) is 0. The normalized spacial score (nSPS) is 13.8. The van der Waals surface area contributed by atoms with Crippen LogP contribution in [0.5, 0.6) is 46.0 Å². The summed E-state index contributed by atoms with van der Waals surface area (Å²) in [6, 6.07) is 19.1. The van der Waals surface area contributed by atoms with E-state index in [0.717, 1.165) is 66.7 Å². The zero-order valence-corrected chi connectivity index (χ0v) is 46.6. The van der Waals surface area contributed by atoms with Crippen molar-refractivity contribution in [3.8, 4) is 46.0 Å². The van der Waals surface area contributed by atoms with E-state index in [-0.39, 0.29) is 61.7 Å². The number of benzene rings is 8. The molecule has 0 saturated carbocycles. The average molecular weight is 1250 g/mol. The lowest BCUT2D eigenvalue weighted by molar-refractivity contribution is -0.138. The van der Waals surface area contributed by atoms with E-state index >= 15 is 0 Å². The maximum absolute atomic E-state index is 13.6. The van der Waals surface area contributed by atoms with Crippen molar-refractivity contribution in [1.82, 2.24) is 0 Å². The number of azo groups is 4. The highest BCUT2D eigenvalue weighted by Crippen LogP contribution is 2.56. The lowest BCUT2D eigenvalue weighted by Gasteiger charge is -2.25. The van der Waals surface area contributed by atoms with E-state index in [9.17, 15) is 93.5 Å². The number of alkyl halides is 12. The molecule has 0 heterocycles. The highest BCUT2D eigenvalue weighted by molar-refractivity contribution is 5.76. The van der Waals surface area contributed by atoms with Crippen molar-refractivity contribution in [2.24, 2.45) is 40.9 Å². The van der Waals surface area contributed by atoms with Gasteiger partial charge in [-0.2, -0.15) is 73.1 Å². The molecule has 0 aliphatic rings. The Morgan fingerprint density at radius 3 is 0.719 bits per heavy atom. The third-order valence-electron chi connectivity index (χ3n) is 14.3. The summed E-state index contributed by atoms with van der Waals surface area (Å²) >= 11 is 0. The van der Waals surface area contributed by atoms with Crippen molar-refractivity contribution in [1.29, 1.82) is 0 Å². The summed E-state index contributed by atoms with van der Waals surface area (Å²) in [5.74, 6) is -10.9. The fraction of sp³-hybridized carbons (Fsp3) is 0.213. The van der Waals surface area contributed by atoms with Crippen LogP contribution in [0, 0.1) is 0 Å². The Morgan fingerprint density at radius 2 is 0.472 bits per heavy atom. The minimum Gasteiger partial charge on any atom is -0.505 e. The summed E-state index contributed by atoms with van der Waals surface area (Å²) in [5, 5.41) is 126. The number of phenolic OH excluding ortho intramolecular Hbond substituents is 8. The first kappa shape index (κ1) is 64.7. The first-order valence-corrected chi connectivity index (χ1v) is 26.2. The lowest BCUT2D eigenvalue weighted by atomic mass is 9.82. The quantitative estimate of drug-likeness (QED) is 0.0361. The van der Waals surface area contributed by atoms with Gasteiger partial charge in [-0.1, -0.05) is 40.7 Å². The molecule has 0 amide bonds. The Hall–Kier alpha value is -10.3. The highest BCUT2D eigenvalue weighted by atomic mass is 19.4. The largest absolute Gasteiger partial charge is 0.505 e. The van der Waals surface area contributed by atoms with E-state index in [2.05, 4.69) is 40.9 Å².